The van der Waals surface area contributed by atoms with E-state index in [1.165, 1.54) is 37.8 Å². The number of nitrogens with one attached hydrogen (secondary N) is 1. The van der Waals surface area contributed by atoms with Gasteiger partial charge in [-0.25, -0.2) is 4.39 Å². The fourth-order valence-electron chi connectivity index (χ4n) is 3.36. The van der Waals surface area contributed by atoms with Crippen LogP contribution in [0.1, 0.15) is 25.7 Å². The molecule has 2 nitrogen and oxygen atoms in total. The third-order valence-corrected chi connectivity index (χ3v) is 5.05. The lowest BCUT2D eigenvalue weighted by molar-refractivity contribution is 0.169. The molecule has 2 atom stereocenters. The molecule has 1 aromatic carbocycles. The minimum Gasteiger partial charge on any atom is -0.381 e. The van der Waals surface area contributed by atoms with Crippen LogP contribution in [0.15, 0.2) is 22.7 Å². The van der Waals surface area contributed by atoms with E-state index in [9.17, 15) is 4.39 Å². The first-order valence-corrected chi connectivity index (χ1v) is 7.36. The van der Waals surface area contributed by atoms with Crippen LogP contribution in [0, 0.1) is 5.82 Å². The Labute approximate surface area is 116 Å². The number of anilines is 1. The van der Waals surface area contributed by atoms with Crippen molar-refractivity contribution in [3.63, 3.8) is 0 Å². The molecule has 0 amide bonds. The topological polar surface area (TPSA) is 15.3 Å². The summed E-state index contributed by atoms with van der Waals surface area (Å²) in [5.74, 6) is -0.198. The van der Waals surface area contributed by atoms with E-state index in [1.807, 2.05) is 6.07 Å². The summed E-state index contributed by atoms with van der Waals surface area (Å²) in [6.07, 6.45) is 5.03. The van der Waals surface area contributed by atoms with Crippen molar-refractivity contribution < 1.29 is 4.39 Å². The van der Waals surface area contributed by atoms with Crippen LogP contribution in [0.3, 0.4) is 0 Å². The molecule has 2 bridgehead atoms. The smallest absolute Gasteiger partial charge is 0.124 e. The van der Waals surface area contributed by atoms with Gasteiger partial charge in [0.15, 0.2) is 0 Å². The highest BCUT2D eigenvalue weighted by atomic mass is 79.9. The normalized spacial score (nSPS) is 31.6. The molecule has 0 radical (unpaired) electrons. The van der Waals surface area contributed by atoms with Gasteiger partial charge in [-0.1, -0.05) is 0 Å². The molecule has 2 heterocycles. The first-order chi connectivity index (χ1) is 8.63. The average molecular weight is 313 g/mol. The van der Waals surface area contributed by atoms with E-state index < -0.39 is 0 Å². The molecule has 3 rings (SSSR count). The van der Waals surface area contributed by atoms with E-state index in [1.54, 1.807) is 0 Å². The van der Waals surface area contributed by atoms with Crippen molar-refractivity contribution in [2.45, 2.75) is 43.8 Å². The highest BCUT2D eigenvalue weighted by molar-refractivity contribution is 9.10. The van der Waals surface area contributed by atoms with Gasteiger partial charge in [0.05, 0.1) is 0 Å². The molecule has 1 N–H and O–H groups in total. The number of rotatable bonds is 2. The highest BCUT2D eigenvalue weighted by Crippen LogP contribution is 2.36. The van der Waals surface area contributed by atoms with Gasteiger partial charge in [-0.2, -0.15) is 0 Å². The largest absolute Gasteiger partial charge is 0.381 e. The summed E-state index contributed by atoms with van der Waals surface area (Å²) < 4.78 is 13.9. The Balaban J connectivity index is 1.70. The molecule has 2 fully saturated rings. The Morgan fingerprint density at radius 1 is 1.28 bits per heavy atom. The second-order valence-corrected chi connectivity index (χ2v) is 6.34. The number of benzene rings is 1. The fourth-order valence-corrected chi connectivity index (χ4v) is 3.82. The molecule has 0 aliphatic carbocycles. The molecule has 4 heteroatoms. The maximum Gasteiger partial charge on any atom is 0.124 e. The zero-order valence-corrected chi connectivity index (χ0v) is 12.1. The Morgan fingerprint density at radius 3 is 2.56 bits per heavy atom. The average Bonchev–Trinajstić information content (AvgIpc) is 2.57. The van der Waals surface area contributed by atoms with Gasteiger partial charge in [-0.15, -0.1) is 0 Å². The Kier molecular flexibility index (Phi) is 3.32. The van der Waals surface area contributed by atoms with Crippen LogP contribution in [0.4, 0.5) is 10.1 Å². The van der Waals surface area contributed by atoms with Gasteiger partial charge < -0.3 is 10.2 Å². The predicted molar refractivity (Wildman–Crippen MR) is 75.3 cm³/mol. The van der Waals surface area contributed by atoms with Crippen LogP contribution in [-0.2, 0) is 0 Å². The predicted octanol–water partition coefficient (Wildman–Crippen LogP) is 3.63. The monoisotopic (exact) mass is 312 g/mol. The molecule has 0 spiro atoms. The molecular formula is C14H18BrFN2. The molecule has 0 aromatic heterocycles. The Morgan fingerprint density at radius 2 is 1.94 bits per heavy atom. The number of hydrogen-bond acceptors (Lipinski definition) is 2. The van der Waals surface area contributed by atoms with Gasteiger partial charge in [0.1, 0.15) is 5.82 Å². The van der Waals surface area contributed by atoms with Crippen LogP contribution >= 0.6 is 15.9 Å². The van der Waals surface area contributed by atoms with Gasteiger partial charge in [0.2, 0.25) is 0 Å². The van der Waals surface area contributed by atoms with Crippen LogP contribution in [0.2, 0.25) is 0 Å². The molecule has 2 aliphatic rings. The van der Waals surface area contributed by atoms with E-state index >= 15 is 0 Å². The summed E-state index contributed by atoms with van der Waals surface area (Å²) in [4.78, 5) is 2.53. The minimum atomic E-state index is -0.198. The van der Waals surface area contributed by atoms with Crippen molar-refractivity contribution in [3.05, 3.63) is 28.5 Å². The standard InChI is InChI=1S/C14H18BrFN2/c1-18-11-3-4-12(18)8-10(7-11)17-14-5-2-9(16)6-13(14)15/h2,5-6,10-12,17H,3-4,7-8H2,1H3. The number of piperidine rings is 1. The molecule has 18 heavy (non-hydrogen) atoms. The molecule has 1 aromatic rings. The summed E-state index contributed by atoms with van der Waals surface area (Å²) in [7, 11) is 2.24. The third-order valence-electron chi connectivity index (χ3n) is 4.39. The zero-order chi connectivity index (χ0) is 12.7. The third kappa shape index (κ3) is 2.28. The first-order valence-electron chi connectivity index (χ1n) is 6.57. The molecule has 2 unspecified atom stereocenters. The quantitative estimate of drug-likeness (QED) is 0.897. The zero-order valence-electron chi connectivity index (χ0n) is 10.5. The number of nitrogens with zero attached hydrogens (tertiary/aromatic N) is 1. The Hall–Kier alpha value is -0.610. The fraction of sp³-hybridized carbons (Fsp3) is 0.571. The summed E-state index contributed by atoms with van der Waals surface area (Å²) in [5.41, 5.74) is 1.00. The second-order valence-electron chi connectivity index (χ2n) is 5.49. The van der Waals surface area contributed by atoms with Gasteiger partial charge >= 0.3 is 0 Å². The maximum absolute atomic E-state index is 13.0. The number of hydrogen-bond donors (Lipinski definition) is 1. The summed E-state index contributed by atoms with van der Waals surface area (Å²) in [6, 6.07) is 6.81. The van der Waals surface area contributed by atoms with Crippen molar-refractivity contribution >= 4 is 21.6 Å². The summed E-state index contributed by atoms with van der Waals surface area (Å²) >= 11 is 3.42. The van der Waals surface area contributed by atoms with Crippen LogP contribution in [-0.4, -0.2) is 30.1 Å². The van der Waals surface area contributed by atoms with E-state index in [0.717, 1.165) is 22.2 Å². The number of fused-ring (bicyclic) bond motifs is 2. The summed E-state index contributed by atoms with van der Waals surface area (Å²) in [5, 5.41) is 3.56. The lowest BCUT2D eigenvalue weighted by atomic mass is 9.98. The van der Waals surface area contributed by atoms with Gasteiger partial charge in [-0.3, -0.25) is 0 Å². The minimum absolute atomic E-state index is 0.198. The highest BCUT2D eigenvalue weighted by Gasteiger charge is 2.38. The van der Waals surface area contributed by atoms with Crippen molar-refractivity contribution in [1.82, 2.24) is 4.90 Å². The van der Waals surface area contributed by atoms with Crippen molar-refractivity contribution in [3.8, 4) is 0 Å². The lowest BCUT2D eigenvalue weighted by Crippen LogP contribution is -2.44. The van der Waals surface area contributed by atoms with E-state index in [-0.39, 0.29) is 5.82 Å². The van der Waals surface area contributed by atoms with Crippen molar-refractivity contribution in [2.75, 3.05) is 12.4 Å². The van der Waals surface area contributed by atoms with Gasteiger partial charge in [0.25, 0.3) is 0 Å². The van der Waals surface area contributed by atoms with Crippen LogP contribution in [0.25, 0.3) is 0 Å². The molecule has 98 valence electrons. The van der Waals surface area contributed by atoms with E-state index in [0.29, 0.717) is 6.04 Å². The van der Waals surface area contributed by atoms with Gasteiger partial charge in [-0.05, 0) is 66.9 Å². The molecule has 2 saturated heterocycles. The second kappa shape index (κ2) is 4.82. The maximum atomic E-state index is 13.0. The van der Waals surface area contributed by atoms with Crippen molar-refractivity contribution in [1.29, 1.82) is 0 Å². The molecule has 0 saturated carbocycles. The number of halogens is 2. The SMILES string of the molecule is CN1C2CCC1CC(Nc1ccc(F)cc1Br)C2. The molecule has 2 aliphatic heterocycles. The lowest BCUT2D eigenvalue weighted by Gasteiger charge is -2.37. The Bertz CT molecular complexity index is 437. The van der Waals surface area contributed by atoms with Gasteiger partial charge in [0, 0.05) is 28.3 Å². The molecular weight excluding hydrogens is 295 g/mol. The van der Waals surface area contributed by atoms with Crippen molar-refractivity contribution in [2.24, 2.45) is 0 Å². The summed E-state index contributed by atoms with van der Waals surface area (Å²) in [6.45, 7) is 0. The van der Waals surface area contributed by atoms with E-state index in [2.05, 4.69) is 33.2 Å². The van der Waals surface area contributed by atoms with Crippen LogP contribution in [0.5, 0.6) is 0 Å². The first kappa shape index (κ1) is 12.4. The van der Waals surface area contributed by atoms with E-state index in [4.69, 9.17) is 0 Å². The van der Waals surface area contributed by atoms with Crippen LogP contribution < -0.4 is 5.32 Å².